The number of allylic oxidation sites excluding steroid dienone is 2. The highest BCUT2D eigenvalue weighted by molar-refractivity contribution is 5.21. The molecule has 1 saturated heterocycles. The zero-order valence-corrected chi connectivity index (χ0v) is 7.96. The fourth-order valence-corrected chi connectivity index (χ4v) is 1.31. The van der Waals surface area contributed by atoms with Crippen molar-refractivity contribution >= 4 is 0 Å². The van der Waals surface area contributed by atoms with Gasteiger partial charge in [-0.05, 0) is 18.5 Å². The van der Waals surface area contributed by atoms with Gasteiger partial charge in [0, 0.05) is 6.54 Å². The second-order valence-corrected chi connectivity index (χ2v) is 3.11. The first-order chi connectivity index (χ1) is 6.36. The lowest BCUT2D eigenvalue weighted by Crippen LogP contribution is -2.17. The molecule has 0 aromatic carbocycles. The second-order valence-electron chi connectivity index (χ2n) is 3.11. The third-order valence-electron chi connectivity index (χ3n) is 2.09. The standard InChI is InChI=1S/C11H17NO/c1-3-5-10(4-2)9-13-11-6-7-12-8-11/h3-5,11-12H,1-2,6-9H2/b10-5+/t11-/m1/s1. The largest absolute Gasteiger partial charge is 0.372 e. The Hall–Kier alpha value is -0.860. The molecule has 0 aliphatic carbocycles. The third-order valence-corrected chi connectivity index (χ3v) is 2.09. The van der Waals surface area contributed by atoms with Crippen molar-refractivity contribution < 1.29 is 4.74 Å². The molecule has 13 heavy (non-hydrogen) atoms. The summed E-state index contributed by atoms with van der Waals surface area (Å²) in [7, 11) is 0. The van der Waals surface area contributed by atoms with Crippen molar-refractivity contribution in [2.75, 3.05) is 19.7 Å². The number of nitrogens with one attached hydrogen (secondary N) is 1. The van der Waals surface area contributed by atoms with Crippen molar-refractivity contribution in [3.8, 4) is 0 Å². The summed E-state index contributed by atoms with van der Waals surface area (Å²) < 4.78 is 5.66. The van der Waals surface area contributed by atoms with Crippen LogP contribution in [0.3, 0.4) is 0 Å². The maximum absolute atomic E-state index is 5.66. The third kappa shape index (κ3) is 3.57. The van der Waals surface area contributed by atoms with E-state index in [-0.39, 0.29) is 0 Å². The maximum Gasteiger partial charge on any atom is 0.0721 e. The summed E-state index contributed by atoms with van der Waals surface area (Å²) in [5.41, 5.74) is 1.09. The first-order valence-electron chi connectivity index (χ1n) is 4.63. The summed E-state index contributed by atoms with van der Waals surface area (Å²) in [6.45, 7) is 10.0. The molecule has 1 N–H and O–H groups in total. The molecule has 0 amide bonds. The minimum absolute atomic E-state index is 0.369. The van der Waals surface area contributed by atoms with Crippen LogP contribution in [0.15, 0.2) is 37.0 Å². The molecule has 0 aromatic heterocycles. The van der Waals surface area contributed by atoms with E-state index in [2.05, 4.69) is 18.5 Å². The molecule has 1 atom stereocenters. The van der Waals surface area contributed by atoms with Gasteiger partial charge in [-0.1, -0.05) is 31.4 Å². The molecule has 1 rings (SSSR count). The average molecular weight is 179 g/mol. The van der Waals surface area contributed by atoms with E-state index in [1.165, 1.54) is 0 Å². The van der Waals surface area contributed by atoms with Gasteiger partial charge < -0.3 is 10.1 Å². The van der Waals surface area contributed by atoms with Crippen LogP contribution in [0.25, 0.3) is 0 Å². The van der Waals surface area contributed by atoms with Crippen LogP contribution >= 0.6 is 0 Å². The smallest absolute Gasteiger partial charge is 0.0721 e. The molecule has 72 valence electrons. The predicted octanol–water partition coefficient (Wildman–Crippen LogP) is 1.66. The van der Waals surface area contributed by atoms with Gasteiger partial charge in [-0.25, -0.2) is 0 Å². The molecular formula is C11H17NO. The molecule has 1 aliphatic heterocycles. The van der Waals surface area contributed by atoms with Crippen molar-refractivity contribution in [3.05, 3.63) is 37.0 Å². The zero-order chi connectivity index (χ0) is 9.52. The van der Waals surface area contributed by atoms with Gasteiger partial charge in [0.15, 0.2) is 0 Å². The number of hydrogen-bond acceptors (Lipinski definition) is 2. The predicted molar refractivity (Wildman–Crippen MR) is 55.7 cm³/mol. The Morgan fingerprint density at radius 3 is 2.92 bits per heavy atom. The highest BCUT2D eigenvalue weighted by Gasteiger charge is 2.14. The van der Waals surface area contributed by atoms with Crippen LogP contribution in [-0.2, 0) is 4.74 Å². The number of rotatable bonds is 5. The lowest BCUT2D eigenvalue weighted by molar-refractivity contribution is 0.0860. The molecule has 0 unspecified atom stereocenters. The van der Waals surface area contributed by atoms with E-state index >= 15 is 0 Å². The SMILES string of the molecule is C=C/C=C(\C=C)CO[C@@H]1CCNC1. The van der Waals surface area contributed by atoms with E-state index in [1.54, 1.807) is 6.08 Å². The van der Waals surface area contributed by atoms with Gasteiger partial charge in [0.2, 0.25) is 0 Å². The summed E-state index contributed by atoms with van der Waals surface area (Å²) in [4.78, 5) is 0. The highest BCUT2D eigenvalue weighted by Crippen LogP contribution is 2.06. The zero-order valence-electron chi connectivity index (χ0n) is 7.96. The first-order valence-corrected chi connectivity index (χ1v) is 4.63. The lowest BCUT2D eigenvalue weighted by Gasteiger charge is -2.10. The molecular weight excluding hydrogens is 162 g/mol. The van der Waals surface area contributed by atoms with Crippen LogP contribution in [0.4, 0.5) is 0 Å². The van der Waals surface area contributed by atoms with Crippen LogP contribution in [-0.4, -0.2) is 25.8 Å². The summed E-state index contributed by atoms with van der Waals surface area (Å²) in [6.07, 6.45) is 6.97. The van der Waals surface area contributed by atoms with Crippen LogP contribution < -0.4 is 5.32 Å². The topological polar surface area (TPSA) is 21.3 Å². The Kier molecular flexibility index (Phi) is 4.50. The van der Waals surface area contributed by atoms with Gasteiger partial charge in [-0.15, -0.1) is 0 Å². The van der Waals surface area contributed by atoms with Gasteiger partial charge in [-0.2, -0.15) is 0 Å². The molecule has 2 nitrogen and oxygen atoms in total. The minimum Gasteiger partial charge on any atom is -0.372 e. The fourth-order valence-electron chi connectivity index (χ4n) is 1.31. The van der Waals surface area contributed by atoms with E-state index in [1.807, 2.05) is 12.2 Å². The lowest BCUT2D eigenvalue weighted by atomic mass is 10.2. The second kappa shape index (κ2) is 5.73. The molecule has 0 spiro atoms. The van der Waals surface area contributed by atoms with Crippen LogP contribution in [0.2, 0.25) is 0 Å². The monoisotopic (exact) mass is 179 g/mol. The normalized spacial score (nSPS) is 23.1. The summed E-state index contributed by atoms with van der Waals surface area (Å²) in [6, 6.07) is 0. The Morgan fingerprint density at radius 2 is 2.38 bits per heavy atom. The number of hydrogen-bond donors (Lipinski definition) is 1. The van der Waals surface area contributed by atoms with Crippen LogP contribution in [0, 0.1) is 0 Å². The van der Waals surface area contributed by atoms with Crippen molar-refractivity contribution in [3.63, 3.8) is 0 Å². The van der Waals surface area contributed by atoms with Crippen molar-refractivity contribution in [2.45, 2.75) is 12.5 Å². The Balaban J connectivity index is 2.26. The van der Waals surface area contributed by atoms with Gasteiger partial charge >= 0.3 is 0 Å². The molecule has 0 aromatic rings. The van der Waals surface area contributed by atoms with Crippen LogP contribution in [0.1, 0.15) is 6.42 Å². The van der Waals surface area contributed by atoms with E-state index in [9.17, 15) is 0 Å². The molecule has 0 radical (unpaired) electrons. The average Bonchev–Trinajstić information content (AvgIpc) is 2.64. The fraction of sp³-hybridized carbons (Fsp3) is 0.455. The summed E-state index contributed by atoms with van der Waals surface area (Å²) in [5.74, 6) is 0. The van der Waals surface area contributed by atoms with E-state index in [4.69, 9.17) is 4.74 Å². The highest BCUT2D eigenvalue weighted by atomic mass is 16.5. The molecule has 1 heterocycles. The van der Waals surface area contributed by atoms with E-state index in [0.29, 0.717) is 12.7 Å². The summed E-state index contributed by atoms with van der Waals surface area (Å²) >= 11 is 0. The Bertz CT molecular complexity index is 202. The molecule has 0 bridgehead atoms. The van der Waals surface area contributed by atoms with Crippen LogP contribution in [0.5, 0.6) is 0 Å². The van der Waals surface area contributed by atoms with Gasteiger partial charge in [-0.3, -0.25) is 0 Å². The van der Waals surface area contributed by atoms with Crippen molar-refractivity contribution in [1.29, 1.82) is 0 Å². The van der Waals surface area contributed by atoms with Crippen molar-refractivity contribution in [2.24, 2.45) is 0 Å². The first kappa shape index (κ1) is 10.2. The molecule has 1 fully saturated rings. The number of ether oxygens (including phenoxy) is 1. The van der Waals surface area contributed by atoms with Crippen molar-refractivity contribution in [1.82, 2.24) is 5.32 Å². The minimum atomic E-state index is 0.369. The Labute approximate surface area is 80.0 Å². The van der Waals surface area contributed by atoms with E-state index in [0.717, 1.165) is 25.1 Å². The van der Waals surface area contributed by atoms with Gasteiger partial charge in [0.25, 0.3) is 0 Å². The van der Waals surface area contributed by atoms with Gasteiger partial charge in [0.1, 0.15) is 0 Å². The maximum atomic E-state index is 5.66. The summed E-state index contributed by atoms with van der Waals surface area (Å²) in [5, 5.41) is 3.26. The van der Waals surface area contributed by atoms with Gasteiger partial charge in [0.05, 0.1) is 12.7 Å². The molecule has 0 saturated carbocycles. The molecule has 2 heteroatoms. The quantitative estimate of drug-likeness (QED) is 0.648. The molecule has 1 aliphatic rings. The van der Waals surface area contributed by atoms with E-state index < -0.39 is 0 Å². The Morgan fingerprint density at radius 1 is 1.54 bits per heavy atom.